The monoisotopic (exact) mass is 291 g/mol. The fourth-order valence-electron chi connectivity index (χ4n) is 1.56. The largest absolute Gasteiger partial charge is 0.359 e. The first-order valence-corrected chi connectivity index (χ1v) is 7.12. The molecule has 4 nitrogen and oxygen atoms in total. The summed E-state index contributed by atoms with van der Waals surface area (Å²) in [6.07, 6.45) is 3.77. The second-order valence-electron chi connectivity index (χ2n) is 4.31. The highest BCUT2D eigenvalue weighted by molar-refractivity contribution is 7.80. The summed E-state index contributed by atoms with van der Waals surface area (Å²) in [7, 11) is 0. The lowest BCUT2D eigenvalue weighted by Gasteiger charge is -2.10. The molecule has 0 aliphatic rings. The molecule has 0 saturated heterocycles. The highest BCUT2D eigenvalue weighted by atomic mass is 32.1. The third-order valence-corrected chi connectivity index (χ3v) is 2.85. The van der Waals surface area contributed by atoms with E-state index in [0.29, 0.717) is 23.8 Å². The predicted molar refractivity (Wildman–Crippen MR) is 88.1 cm³/mol. The first-order valence-electron chi connectivity index (χ1n) is 6.71. The molecule has 1 aromatic carbocycles. The van der Waals surface area contributed by atoms with Crippen molar-refractivity contribution in [3.63, 3.8) is 0 Å². The molecule has 0 saturated carbocycles. The molecule has 0 heterocycles. The van der Waals surface area contributed by atoms with Crippen molar-refractivity contribution in [2.75, 3.05) is 18.4 Å². The Morgan fingerprint density at radius 2 is 2.20 bits per heavy atom. The molecule has 5 heteroatoms. The van der Waals surface area contributed by atoms with Gasteiger partial charge in [-0.25, -0.2) is 0 Å². The molecular weight excluding hydrogens is 270 g/mol. The summed E-state index contributed by atoms with van der Waals surface area (Å²) in [6.45, 7) is 7.00. The first kappa shape index (κ1) is 16.2. The fourth-order valence-corrected chi connectivity index (χ4v) is 1.76. The average Bonchev–Trinajstić information content (AvgIpc) is 2.45. The van der Waals surface area contributed by atoms with Gasteiger partial charge in [0.05, 0.1) is 0 Å². The number of rotatable bonds is 7. The maximum absolute atomic E-state index is 11.9. The lowest BCUT2D eigenvalue weighted by molar-refractivity contribution is 0.0953. The molecule has 0 aromatic heterocycles. The predicted octanol–water partition coefficient (Wildman–Crippen LogP) is 2.69. The Hall–Kier alpha value is -1.88. The Kier molecular flexibility index (Phi) is 7.35. The van der Waals surface area contributed by atoms with Crippen molar-refractivity contribution in [1.29, 1.82) is 0 Å². The zero-order valence-corrected chi connectivity index (χ0v) is 12.6. The van der Waals surface area contributed by atoms with Gasteiger partial charge in [-0.3, -0.25) is 4.79 Å². The van der Waals surface area contributed by atoms with Gasteiger partial charge in [-0.15, -0.1) is 6.58 Å². The summed E-state index contributed by atoms with van der Waals surface area (Å²) in [5, 5.41) is 9.40. The van der Waals surface area contributed by atoms with Gasteiger partial charge in [0, 0.05) is 24.3 Å². The number of hydrogen-bond donors (Lipinski definition) is 3. The van der Waals surface area contributed by atoms with Crippen LogP contribution in [0.3, 0.4) is 0 Å². The Morgan fingerprint density at radius 1 is 1.40 bits per heavy atom. The number of anilines is 1. The van der Waals surface area contributed by atoms with Crippen molar-refractivity contribution < 1.29 is 4.79 Å². The van der Waals surface area contributed by atoms with Crippen LogP contribution >= 0.6 is 12.2 Å². The molecule has 1 aromatic rings. The van der Waals surface area contributed by atoms with E-state index in [2.05, 4.69) is 29.5 Å². The second-order valence-corrected chi connectivity index (χ2v) is 4.72. The maximum Gasteiger partial charge on any atom is 0.251 e. The van der Waals surface area contributed by atoms with Gasteiger partial charge in [0.15, 0.2) is 5.11 Å². The Labute approximate surface area is 125 Å². The number of amides is 1. The summed E-state index contributed by atoms with van der Waals surface area (Å²) in [4.78, 5) is 11.9. The van der Waals surface area contributed by atoms with E-state index < -0.39 is 0 Å². The van der Waals surface area contributed by atoms with Crippen LogP contribution in [-0.4, -0.2) is 24.1 Å². The number of carbonyl (C=O) groups is 1. The lowest BCUT2D eigenvalue weighted by atomic mass is 10.2. The van der Waals surface area contributed by atoms with Gasteiger partial charge in [-0.1, -0.05) is 25.5 Å². The van der Waals surface area contributed by atoms with Crippen LogP contribution in [0.4, 0.5) is 5.69 Å². The Morgan fingerprint density at radius 3 is 2.90 bits per heavy atom. The minimum absolute atomic E-state index is 0.0629. The van der Waals surface area contributed by atoms with Gasteiger partial charge in [-0.2, -0.15) is 0 Å². The number of carbonyl (C=O) groups excluding carboxylic acids is 1. The van der Waals surface area contributed by atoms with Gasteiger partial charge in [0.2, 0.25) is 0 Å². The van der Waals surface area contributed by atoms with Crippen LogP contribution < -0.4 is 16.0 Å². The van der Waals surface area contributed by atoms with E-state index in [1.807, 2.05) is 12.1 Å². The van der Waals surface area contributed by atoms with Crippen LogP contribution in [0.15, 0.2) is 36.9 Å². The van der Waals surface area contributed by atoms with Crippen molar-refractivity contribution >= 4 is 28.9 Å². The lowest BCUT2D eigenvalue weighted by Crippen LogP contribution is -2.28. The summed E-state index contributed by atoms with van der Waals surface area (Å²) in [6, 6.07) is 7.26. The number of nitrogens with one attached hydrogen (secondary N) is 3. The topological polar surface area (TPSA) is 53.2 Å². The highest BCUT2D eigenvalue weighted by Gasteiger charge is 2.05. The van der Waals surface area contributed by atoms with Crippen LogP contribution in [0, 0.1) is 0 Å². The number of benzene rings is 1. The summed E-state index contributed by atoms with van der Waals surface area (Å²) < 4.78 is 0. The molecule has 0 bridgehead atoms. The molecule has 0 fully saturated rings. The quantitative estimate of drug-likeness (QED) is 0.411. The van der Waals surface area contributed by atoms with Crippen LogP contribution in [0.1, 0.15) is 30.1 Å². The van der Waals surface area contributed by atoms with Crippen LogP contribution in [0.5, 0.6) is 0 Å². The first-order chi connectivity index (χ1) is 9.67. The van der Waals surface area contributed by atoms with Crippen LogP contribution in [0.25, 0.3) is 0 Å². The minimum Gasteiger partial charge on any atom is -0.359 e. The van der Waals surface area contributed by atoms with Gasteiger partial charge in [0.25, 0.3) is 5.91 Å². The van der Waals surface area contributed by atoms with Crippen LogP contribution in [-0.2, 0) is 0 Å². The van der Waals surface area contributed by atoms with Crippen molar-refractivity contribution in [2.24, 2.45) is 0 Å². The van der Waals surface area contributed by atoms with E-state index in [1.54, 1.807) is 18.2 Å². The van der Waals surface area contributed by atoms with E-state index in [9.17, 15) is 4.79 Å². The molecule has 0 aliphatic heterocycles. The normalized spacial score (nSPS) is 9.65. The van der Waals surface area contributed by atoms with Crippen molar-refractivity contribution in [3.8, 4) is 0 Å². The third-order valence-electron chi connectivity index (χ3n) is 2.61. The summed E-state index contributed by atoms with van der Waals surface area (Å²) >= 11 is 5.13. The molecule has 0 unspecified atom stereocenters. The van der Waals surface area contributed by atoms with E-state index in [0.717, 1.165) is 18.5 Å². The third kappa shape index (κ3) is 5.84. The standard InChI is InChI=1S/C15H21N3OS/c1-3-5-10-16-14(19)12-7-6-8-13(11-12)18-15(20)17-9-4-2/h4,6-8,11H,2-3,5,9-10H2,1H3,(H,16,19)(H2,17,18,20). The zero-order chi connectivity index (χ0) is 14.8. The molecule has 20 heavy (non-hydrogen) atoms. The number of thiocarbonyl (C=S) groups is 1. The molecule has 0 spiro atoms. The van der Waals surface area contributed by atoms with Gasteiger partial charge < -0.3 is 16.0 Å². The summed E-state index contributed by atoms with van der Waals surface area (Å²) in [5.74, 6) is -0.0629. The molecule has 0 aliphatic carbocycles. The second kappa shape index (κ2) is 9.09. The summed E-state index contributed by atoms with van der Waals surface area (Å²) in [5.41, 5.74) is 1.41. The van der Waals surface area contributed by atoms with Crippen molar-refractivity contribution in [1.82, 2.24) is 10.6 Å². The Bertz CT molecular complexity index is 474. The molecular formula is C15H21N3OS. The SMILES string of the molecule is C=CCNC(=S)Nc1cccc(C(=O)NCCCC)c1. The number of hydrogen-bond acceptors (Lipinski definition) is 2. The van der Waals surface area contributed by atoms with Crippen molar-refractivity contribution in [3.05, 3.63) is 42.5 Å². The van der Waals surface area contributed by atoms with E-state index in [1.165, 1.54) is 0 Å². The van der Waals surface area contributed by atoms with Crippen molar-refractivity contribution in [2.45, 2.75) is 19.8 Å². The molecule has 108 valence electrons. The number of unbranched alkanes of at least 4 members (excludes halogenated alkanes) is 1. The molecule has 0 radical (unpaired) electrons. The van der Waals surface area contributed by atoms with E-state index in [4.69, 9.17) is 12.2 Å². The molecule has 3 N–H and O–H groups in total. The van der Waals surface area contributed by atoms with Gasteiger partial charge in [-0.05, 0) is 36.8 Å². The Balaban J connectivity index is 2.58. The molecule has 0 atom stereocenters. The smallest absolute Gasteiger partial charge is 0.251 e. The zero-order valence-electron chi connectivity index (χ0n) is 11.7. The molecule has 1 amide bonds. The highest BCUT2D eigenvalue weighted by Crippen LogP contribution is 2.10. The van der Waals surface area contributed by atoms with Gasteiger partial charge >= 0.3 is 0 Å². The molecule has 1 rings (SSSR count). The van der Waals surface area contributed by atoms with Gasteiger partial charge in [0.1, 0.15) is 0 Å². The average molecular weight is 291 g/mol. The minimum atomic E-state index is -0.0629. The van der Waals surface area contributed by atoms with Crippen LogP contribution in [0.2, 0.25) is 0 Å². The van der Waals surface area contributed by atoms with E-state index >= 15 is 0 Å². The van der Waals surface area contributed by atoms with E-state index in [-0.39, 0.29) is 5.91 Å². The fraction of sp³-hybridized carbons (Fsp3) is 0.333. The maximum atomic E-state index is 11.9.